The van der Waals surface area contributed by atoms with Crippen molar-refractivity contribution < 1.29 is 14.4 Å². The van der Waals surface area contributed by atoms with Crippen LogP contribution in [0.4, 0.5) is 0 Å². The van der Waals surface area contributed by atoms with Crippen LogP contribution in [-0.4, -0.2) is 51.7 Å². The maximum Gasteiger partial charge on any atom is 0.220 e. The Labute approximate surface area is 165 Å². The molecule has 2 bridgehead atoms. The third kappa shape index (κ3) is 7.75. The molecule has 1 unspecified atom stereocenters. The van der Waals surface area contributed by atoms with Crippen LogP contribution in [0.1, 0.15) is 57.6 Å². The number of aryl methyl sites for hydroxylation is 2. The molecule has 1 aromatic heterocycles. The second kappa shape index (κ2) is 11.5. The first-order valence-electron chi connectivity index (χ1n) is 10.1. The molecule has 28 heavy (non-hydrogen) atoms. The van der Waals surface area contributed by atoms with Gasteiger partial charge in [0.1, 0.15) is 5.78 Å². The third-order valence-corrected chi connectivity index (χ3v) is 5.08. The number of nitrogens with one attached hydrogen (secondary N) is 2. The molecule has 1 aromatic rings. The molecule has 0 fully saturated rings. The van der Waals surface area contributed by atoms with E-state index in [1.807, 2.05) is 6.20 Å². The van der Waals surface area contributed by atoms with Crippen molar-refractivity contribution in [2.24, 2.45) is 11.7 Å². The number of carbonyl (C=O) groups is 3. The monoisotopic (exact) mass is 392 g/mol. The van der Waals surface area contributed by atoms with Gasteiger partial charge in [-0.05, 0) is 38.5 Å². The van der Waals surface area contributed by atoms with Crippen LogP contribution in [0.2, 0.25) is 0 Å². The summed E-state index contributed by atoms with van der Waals surface area (Å²) in [5, 5.41) is 14.1. The molecule has 2 atom stereocenters. The van der Waals surface area contributed by atoms with Gasteiger partial charge in [-0.15, -0.1) is 5.10 Å². The average Bonchev–Trinajstić information content (AvgIpc) is 3.11. The second-order valence-electron chi connectivity index (χ2n) is 7.46. The zero-order chi connectivity index (χ0) is 20.4. The van der Waals surface area contributed by atoms with Gasteiger partial charge in [-0.2, -0.15) is 0 Å². The first-order valence-corrected chi connectivity index (χ1v) is 10.1. The van der Waals surface area contributed by atoms with E-state index in [1.54, 1.807) is 4.68 Å². The van der Waals surface area contributed by atoms with E-state index in [9.17, 15) is 14.4 Å². The summed E-state index contributed by atoms with van der Waals surface area (Å²) in [6.07, 6.45) is 7.35. The highest BCUT2D eigenvalue weighted by Gasteiger charge is 2.23. The summed E-state index contributed by atoms with van der Waals surface area (Å²) in [5.74, 6) is -0.221. The lowest BCUT2D eigenvalue weighted by molar-refractivity contribution is -0.124. The van der Waals surface area contributed by atoms with E-state index in [0.717, 1.165) is 31.4 Å². The van der Waals surface area contributed by atoms with Crippen LogP contribution < -0.4 is 16.4 Å². The standard InChI is InChI=1S/C19H32N6O3/c1-14(26)21-9-3-2-6-16-11-15(18(27)12-20)5-4-10-25-13-17(23-24-25)7-8-19(28)22-16/h13,15-16H,2-12,20H2,1H3,(H,21,26)(H,22,28)/t15-,16?/m1/s1. The average molecular weight is 393 g/mol. The van der Waals surface area contributed by atoms with Gasteiger partial charge in [0.05, 0.1) is 12.2 Å². The topological polar surface area (TPSA) is 132 Å². The van der Waals surface area contributed by atoms with E-state index in [4.69, 9.17) is 5.73 Å². The number of aromatic nitrogens is 3. The third-order valence-electron chi connectivity index (χ3n) is 5.08. The Balaban J connectivity index is 2.00. The van der Waals surface area contributed by atoms with Crippen LogP contribution in [0.25, 0.3) is 0 Å². The van der Waals surface area contributed by atoms with E-state index in [2.05, 4.69) is 20.9 Å². The summed E-state index contributed by atoms with van der Waals surface area (Å²) in [6, 6.07) is -0.0702. The fourth-order valence-electron chi connectivity index (χ4n) is 3.55. The SMILES string of the molecule is CC(=O)NCCCCC1C[C@H](C(=O)CN)CCCn2cc(nn2)CCC(=O)N1. The zero-order valence-corrected chi connectivity index (χ0v) is 16.7. The van der Waals surface area contributed by atoms with Crippen LogP contribution in [0.5, 0.6) is 0 Å². The van der Waals surface area contributed by atoms with Crippen LogP contribution in [-0.2, 0) is 27.3 Å². The molecular formula is C19H32N6O3. The number of unbranched alkanes of at least 4 members (excludes halogenated alkanes) is 1. The molecule has 0 radical (unpaired) electrons. The van der Waals surface area contributed by atoms with Gasteiger partial charge in [0.25, 0.3) is 0 Å². The van der Waals surface area contributed by atoms with E-state index in [0.29, 0.717) is 38.8 Å². The minimum absolute atomic E-state index is 0.0152. The Morgan fingerprint density at radius 1 is 1.36 bits per heavy atom. The second-order valence-corrected chi connectivity index (χ2v) is 7.46. The maximum atomic E-state index is 12.4. The number of carbonyl (C=O) groups excluding carboxylic acids is 3. The van der Waals surface area contributed by atoms with E-state index in [1.165, 1.54) is 6.92 Å². The highest BCUT2D eigenvalue weighted by molar-refractivity contribution is 5.83. The number of hydrogen-bond acceptors (Lipinski definition) is 6. The normalized spacial score (nSPS) is 21.0. The van der Waals surface area contributed by atoms with Crippen molar-refractivity contribution in [2.45, 2.75) is 70.9 Å². The molecule has 0 aliphatic carbocycles. The van der Waals surface area contributed by atoms with Crippen LogP contribution in [0.3, 0.4) is 0 Å². The molecule has 9 heteroatoms. The van der Waals surface area contributed by atoms with Crippen molar-refractivity contribution >= 4 is 17.6 Å². The molecule has 0 saturated carbocycles. The summed E-state index contributed by atoms with van der Waals surface area (Å²) in [5.41, 5.74) is 6.42. The minimum Gasteiger partial charge on any atom is -0.356 e. The van der Waals surface area contributed by atoms with Gasteiger partial charge < -0.3 is 16.4 Å². The highest BCUT2D eigenvalue weighted by atomic mass is 16.2. The van der Waals surface area contributed by atoms with E-state index in [-0.39, 0.29) is 36.1 Å². The van der Waals surface area contributed by atoms with Crippen molar-refractivity contribution in [1.82, 2.24) is 25.6 Å². The maximum absolute atomic E-state index is 12.4. The van der Waals surface area contributed by atoms with Crippen LogP contribution >= 0.6 is 0 Å². The van der Waals surface area contributed by atoms with Gasteiger partial charge in [-0.25, -0.2) is 0 Å². The fraction of sp³-hybridized carbons (Fsp3) is 0.737. The van der Waals surface area contributed by atoms with Gasteiger partial charge in [0.15, 0.2) is 0 Å². The van der Waals surface area contributed by atoms with Gasteiger partial charge in [0, 0.05) is 51.0 Å². The Morgan fingerprint density at radius 3 is 2.93 bits per heavy atom. The van der Waals surface area contributed by atoms with Crippen molar-refractivity contribution in [2.75, 3.05) is 13.1 Å². The summed E-state index contributed by atoms with van der Waals surface area (Å²) in [6.45, 7) is 2.83. The van der Waals surface area contributed by atoms with E-state index < -0.39 is 0 Å². The molecule has 0 saturated heterocycles. The van der Waals surface area contributed by atoms with Gasteiger partial charge in [0.2, 0.25) is 11.8 Å². The molecule has 4 N–H and O–H groups in total. The number of hydrogen-bond donors (Lipinski definition) is 3. The van der Waals surface area contributed by atoms with Crippen molar-refractivity contribution in [3.05, 3.63) is 11.9 Å². The number of ketones is 1. The number of Topliss-reactive ketones (excluding diaryl/α,β-unsaturated/α-hetero) is 1. The number of amides is 2. The predicted octanol–water partition coefficient (Wildman–Crippen LogP) is 0.330. The first kappa shape index (κ1) is 22.0. The highest BCUT2D eigenvalue weighted by Crippen LogP contribution is 2.19. The fourth-order valence-corrected chi connectivity index (χ4v) is 3.55. The Bertz CT molecular complexity index is 660. The molecule has 1 aliphatic heterocycles. The molecule has 2 rings (SSSR count). The predicted molar refractivity (Wildman–Crippen MR) is 104 cm³/mol. The van der Waals surface area contributed by atoms with Gasteiger partial charge >= 0.3 is 0 Å². The number of nitrogens with two attached hydrogens (primary N) is 1. The molecular weight excluding hydrogens is 360 g/mol. The summed E-state index contributed by atoms with van der Waals surface area (Å²) in [4.78, 5) is 35.7. The largest absolute Gasteiger partial charge is 0.356 e. The number of rotatable bonds is 7. The van der Waals surface area contributed by atoms with Crippen molar-refractivity contribution in [3.8, 4) is 0 Å². The first-order chi connectivity index (χ1) is 13.5. The van der Waals surface area contributed by atoms with Crippen LogP contribution in [0, 0.1) is 5.92 Å². The van der Waals surface area contributed by atoms with Gasteiger partial charge in [-0.3, -0.25) is 19.1 Å². The summed E-state index contributed by atoms with van der Waals surface area (Å²) >= 11 is 0. The quantitative estimate of drug-likeness (QED) is 0.573. The lowest BCUT2D eigenvalue weighted by Crippen LogP contribution is -2.38. The summed E-state index contributed by atoms with van der Waals surface area (Å²) in [7, 11) is 0. The molecule has 1 aliphatic rings. The van der Waals surface area contributed by atoms with E-state index >= 15 is 0 Å². The minimum atomic E-state index is -0.172. The molecule has 2 heterocycles. The zero-order valence-electron chi connectivity index (χ0n) is 16.7. The Hall–Kier alpha value is -2.29. The summed E-state index contributed by atoms with van der Waals surface area (Å²) < 4.78 is 1.77. The molecule has 156 valence electrons. The lowest BCUT2D eigenvalue weighted by Gasteiger charge is -2.24. The molecule has 2 amide bonds. The van der Waals surface area contributed by atoms with Gasteiger partial charge in [-0.1, -0.05) is 5.21 Å². The molecule has 0 spiro atoms. The number of fused-ring (bicyclic) bond motifs is 2. The van der Waals surface area contributed by atoms with Crippen molar-refractivity contribution in [1.29, 1.82) is 0 Å². The molecule has 0 aromatic carbocycles. The smallest absolute Gasteiger partial charge is 0.220 e. The lowest BCUT2D eigenvalue weighted by atomic mass is 9.89. The Morgan fingerprint density at radius 2 is 2.18 bits per heavy atom. The Kier molecular flexibility index (Phi) is 9.06. The number of nitrogens with zero attached hydrogens (tertiary/aromatic N) is 3. The van der Waals surface area contributed by atoms with Crippen LogP contribution in [0.15, 0.2) is 6.20 Å². The molecule has 9 nitrogen and oxygen atoms in total. The van der Waals surface area contributed by atoms with Crippen molar-refractivity contribution in [3.63, 3.8) is 0 Å².